The minimum atomic E-state index is -3.50. The molecule has 1 aliphatic heterocycles. The lowest BCUT2D eigenvalue weighted by Crippen LogP contribution is -2.41. The highest BCUT2D eigenvalue weighted by molar-refractivity contribution is 7.88. The molecule has 0 radical (unpaired) electrons. The van der Waals surface area contributed by atoms with Crippen LogP contribution >= 0.6 is 0 Å². The van der Waals surface area contributed by atoms with Crippen molar-refractivity contribution in [2.24, 2.45) is 5.92 Å². The van der Waals surface area contributed by atoms with Crippen molar-refractivity contribution >= 4 is 21.6 Å². The maximum absolute atomic E-state index is 13.0. The van der Waals surface area contributed by atoms with E-state index in [0.29, 0.717) is 42.9 Å². The van der Waals surface area contributed by atoms with Gasteiger partial charge in [0.05, 0.1) is 12.9 Å². The molecular weight excluding hydrogens is 383 g/mol. The number of methoxy groups -OCH3 is 1. The molecule has 1 amide bonds. The number of benzene rings is 2. The monoisotopic (exact) mass is 406 g/mol. The number of anilines is 1. The van der Waals surface area contributed by atoms with Crippen LogP contribution in [-0.4, -0.2) is 38.8 Å². The van der Waals surface area contributed by atoms with Gasteiger partial charge in [-0.2, -0.15) is 0 Å². The number of hydrogen-bond donors (Lipinski definition) is 1. The number of nitrogens with zero attached hydrogens (tertiary/aromatic N) is 1. The van der Waals surface area contributed by atoms with Crippen LogP contribution in [0.5, 0.6) is 5.75 Å². The maximum atomic E-state index is 13.0. The molecule has 0 spiro atoms. The highest BCUT2D eigenvalue weighted by Gasteiger charge is 2.31. The highest BCUT2D eigenvalue weighted by atomic mass is 32.2. The standard InChI is InChI=1S/C20H23FN2O4S/c1-27-19-4-2-3-18(13-19)22-20(24)16-9-11-23(12-10-16)28(25,26)14-15-5-7-17(21)8-6-15/h2-8,13,16H,9-12,14H2,1H3,(H,22,24). The van der Waals surface area contributed by atoms with Crippen molar-refractivity contribution < 1.29 is 22.3 Å². The first-order valence-corrected chi connectivity index (χ1v) is 10.7. The number of ether oxygens (including phenoxy) is 1. The number of carbonyl (C=O) groups excluding carboxylic acids is 1. The van der Waals surface area contributed by atoms with Gasteiger partial charge in [-0.05, 0) is 42.7 Å². The number of hydrogen-bond acceptors (Lipinski definition) is 4. The van der Waals surface area contributed by atoms with Crippen LogP contribution in [0.4, 0.5) is 10.1 Å². The Labute approximate surface area is 164 Å². The largest absolute Gasteiger partial charge is 0.497 e. The first kappa shape index (κ1) is 20.3. The lowest BCUT2D eigenvalue weighted by molar-refractivity contribution is -0.120. The molecule has 0 aliphatic carbocycles. The minimum absolute atomic E-state index is 0.121. The maximum Gasteiger partial charge on any atom is 0.227 e. The molecule has 28 heavy (non-hydrogen) atoms. The van der Waals surface area contributed by atoms with Crippen molar-refractivity contribution in [2.45, 2.75) is 18.6 Å². The Bertz CT molecular complexity index is 923. The first-order valence-electron chi connectivity index (χ1n) is 9.04. The third-order valence-corrected chi connectivity index (χ3v) is 6.67. The molecule has 1 aliphatic rings. The Kier molecular flexibility index (Phi) is 6.31. The summed E-state index contributed by atoms with van der Waals surface area (Å²) in [6.07, 6.45) is 0.914. The van der Waals surface area contributed by atoms with Crippen LogP contribution in [0.3, 0.4) is 0 Å². The fourth-order valence-electron chi connectivity index (χ4n) is 3.22. The number of rotatable bonds is 6. The van der Waals surface area contributed by atoms with Crippen molar-refractivity contribution in [1.29, 1.82) is 0 Å². The Hall–Kier alpha value is -2.45. The highest BCUT2D eigenvalue weighted by Crippen LogP contribution is 2.24. The summed E-state index contributed by atoms with van der Waals surface area (Å²) in [5.41, 5.74) is 1.19. The second-order valence-corrected chi connectivity index (χ2v) is 8.75. The molecular formula is C20H23FN2O4S. The van der Waals surface area contributed by atoms with E-state index >= 15 is 0 Å². The van der Waals surface area contributed by atoms with E-state index in [9.17, 15) is 17.6 Å². The molecule has 2 aromatic rings. The molecule has 1 heterocycles. The van der Waals surface area contributed by atoms with Crippen LogP contribution in [-0.2, 0) is 20.6 Å². The van der Waals surface area contributed by atoms with Gasteiger partial charge in [-0.15, -0.1) is 0 Å². The molecule has 1 saturated heterocycles. The van der Waals surface area contributed by atoms with Crippen LogP contribution < -0.4 is 10.1 Å². The topological polar surface area (TPSA) is 75.7 Å². The number of halogens is 1. The second kappa shape index (κ2) is 8.70. The molecule has 0 atom stereocenters. The van der Waals surface area contributed by atoms with E-state index in [2.05, 4.69) is 5.32 Å². The van der Waals surface area contributed by atoms with Gasteiger partial charge in [-0.1, -0.05) is 18.2 Å². The number of amides is 1. The van der Waals surface area contributed by atoms with Crippen LogP contribution in [0.1, 0.15) is 18.4 Å². The van der Waals surface area contributed by atoms with Crippen molar-refractivity contribution in [1.82, 2.24) is 4.31 Å². The van der Waals surface area contributed by atoms with E-state index in [1.54, 1.807) is 31.4 Å². The van der Waals surface area contributed by atoms with Gasteiger partial charge < -0.3 is 10.1 Å². The van der Waals surface area contributed by atoms with E-state index in [-0.39, 0.29) is 17.6 Å². The van der Waals surface area contributed by atoms with Crippen LogP contribution in [0, 0.1) is 11.7 Å². The average molecular weight is 406 g/mol. The Morgan fingerprint density at radius 2 is 1.86 bits per heavy atom. The van der Waals surface area contributed by atoms with Crippen LogP contribution in [0.25, 0.3) is 0 Å². The van der Waals surface area contributed by atoms with E-state index in [1.807, 2.05) is 0 Å². The Morgan fingerprint density at radius 3 is 2.50 bits per heavy atom. The fourth-order valence-corrected chi connectivity index (χ4v) is 4.79. The summed E-state index contributed by atoms with van der Waals surface area (Å²) in [6, 6.07) is 12.5. The van der Waals surface area contributed by atoms with Gasteiger partial charge in [-0.25, -0.2) is 17.1 Å². The summed E-state index contributed by atoms with van der Waals surface area (Å²) in [5.74, 6) is -0.288. The Balaban J connectivity index is 1.55. The van der Waals surface area contributed by atoms with Gasteiger partial charge in [-0.3, -0.25) is 4.79 Å². The molecule has 2 aromatic carbocycles. The zero-order chi connectivity index (χ0) is 20.1. The average Bonchev–Trinajstić information content (AvgIpc) is 2.70. The smallest absolute Gasteiger partial charge is 0.227 e. The molecule has 8 heteroatoms. The van der Waals surface area contributed by atoms with Crippen molar-refractivity contribution in [3.8, 4) is 5.75 Å². The molecule has 150 valence electrons. The third-order valence-electron chi connectivity index (χ3n) is 4.82. The molecule has 0 bridgehead atoms. The van der Waals surface area contributed by atoms with E-state index < -0.39 is 15.8 Å². The first-order chi connectivity index (χ1) is 13.4. The molecule has 0 unspecified atom stereocenters. The molecule has 1 fully saturated rings. The second-order valence-electron chi connectivity index (χ2n) is 6.78. The zero-order valence-electron chi connectivity index (χ0n) is 15.6. The predicted molar refractivity (Wildman–Crippen MR) is 105 cm³/mol. The number of carbonyl (C=O) groups is 1. The third kappa shape index (κ3) is 5.08. The summed E-state index contributed by atoms with van der Waals surface area (Å²) in [6.45, 7) is 0.583. The van der Waals surface area contributed by atoms with Crippen LogP contribution in [0.15, 0.2) is 48.5 Å². The summed E-state index contributed by atoms with van der Waals surface area (Å²) in [5, 5.41) is 2.86. The van der Waals surface area contributed by atoms with Gasteiger partial charge in [0.1, 0.15) is 11.6 Å². The van der Waals surface area contributed by atoms with E-state index in [0.717, 1.165) is 0 Å². The normalized spacial score (nSPS) is 15.9. The summed E-state index contributed by atoms with van der Waals surface area (Å²) >= 11 is 0. The zero-order valence-corrected chi connectivity index (χ0v) is 16.4. The molecule has 3 rings (SSSR count). The summed E-state index contributed by atoms with van der Waals surface area (Å²) in [4.78, 5) is 12.5. The molecule has 0 saturated carbocycles. The van der Waals surface area contributed by atoms with Crippen molar-refractivity contribution in [2.75, 3.05) is 25.5 Å². The van der Waals surface area contributed by atoms with Gasteiger partial charge in [0.2, 0.25) is 15.9 Å². The van der Waals surface area contributed by atoms with E-state index in [4.69, 9.17) is 4.74 Å². The summed E-state index contributed by atoms with van der Waals surface area (Å²) < 4.78 is 44.7. The lowest BCUT2D eigenvalue weighted by atomic mass is 9.97. The molecule has 0 aromatic heterocycles. The number of nitrogens with one attached hydrogen (secondary N) is 1. The lowest BCUT2D eigenvalue weighted by Gasteiger charge is -2.30. The van der Waals surface area contributed by atoms with E-state index in [1.165, 1.54) is 28.6 Å². The van der Waals surface area contributed by atoms with Gasteiger partial charge >= 0.3 is 0 Å². The SMILES string of the molecule is COc1cccc(NC(=O)C2CCN(S(=O)(=O)Cc3ccc(F)cc3)CC2)c1. The summed E-state index contributed by atoms with van der Waals surface area (Å²) in [7, 11) is -1.95. The van der Waals surface area contributed by atoms with Gasteiger partial charge in [0.25, 0.3) is 0 Å². The van der Waals surface area contributed by atoms with Gasteiger partial charge in [0, 0.05) is 30.8 Å². The number of piperidine rings is 1. The quantitative estimate of drug-likeness (QED) is 0.800. The molecule has 1 N–H and O–H groups in total. The fraction of sp³-hybridized carbons (Fsp3) is 0.350. The van der Waals surface area contributed by atoms with Gasteiger partial charge in [0.15, 0.2) is 0 Å². The minimum Gasteiger partial charge on any atom is -0.497 e. The predicted octanol–water partition coefficient (Wildman–Crippen LogP) is 3.01. The van der Waals surface area contributed by atoms with Crippen LogP contribution in [0.2, 0.25) is 0 Å². The molecule has 6 nitrogen and oxygen atoms in total. The van der Waals surface area contributed by atoms with Crippen molar-refractivity contribution in [3.05, 3.63) is 59.9 Å². The van der Waals surface area contributed by atoms with Crippen molar-refractivity contribution in [3.63, 3.8) is 0 Å². The Morgan fingerprint density at radius 1 is 1.18 bits per heavy atom. The number of sulfonamides is 1.